The van der Waals surface area contributed by atoms with Crippen molar-refractivity contribution in [3.8, 4) is 5.88 Å². The SMILES string of the molecule is CCN(CC(=O)O)C1CC(NC(=O)Nc2ccc(OC)nc2C)C1. The number of aliphatic carboxylic acids is 1. The van der Waals surface area contributed by atoms with Crippen LogP contribution in [0.3, 0.4) is 0 Å². The summed E-state index contributed by atoms with van der Waals surface area (Å²) in [7, 11) is 1.54. The predicted octanol–water partition coefficient (Wildman–Crippen LogP) is 1.46. The summed E-state index contributed by atoms with van der Waals surface area (Å²) in [6.07, 6.45) is 1.52. The second-order valence-electron chi connectivity index (χ2n) is 5.86. The number of likely N-dealkylation sites (N-methyl/N-ethyl adjacent to an activating group) is 1. The number of methoxy groups -OCH3 is 1. The van der Waals surface area contributed by atoms with E-state index in [9.17, 15) is 9.59 Å². The van der Waals surface area contributed by atoms with E-state index in [1.807, 2.05) is 11.8 Å². The van der Waals surface area contributed by atoms with E-state index in [2.05, 4.69) is 15.6 Å². The largest absolute Gasteiger partial charge is 0.481 e. The molecule has 0 atom stereocenters. The molecule has 1 aromatic heterocycles. The molecule has 0 unspecified atom stereocenters. The van der Waals surface area contributed by atoms with E-state index in [-0.39, 0.29) is 24.7 Å². The maximum Gasteiger partial charge on any atom is 0.319 e. The summed E-state index contributed by atoms with van der Waals surface area (Å²) in [5, 5.41) is 14.6. The van der Waals surface area contributed by atoms with Crippen molar-refractivity contribution >= 4 is 17.7 Å². The van der Waals surface area contributed by atoms with Gasteiger partial charge < -0.3 is 20.5 Å². The van der Waals surface area contributed by atoms with Crippen molar-refractivity contribution < 1.29 is 19.4 Å². The van der Waals surface area contributed by atoms with Crippen molar-refractivity contribution in [1.29, 1.82) is 0 Å². The molecule has 24 heavy (non-hydrogen) atoms. The molecule has 3 N–H and O–H groups in total. The van der Waals surface area contributed by atoms with Gasteiger partial charge in [0.1, 0.15) is 0 Å². The molecule has 1 aliphatic rings. The highest BCUT2D eigenvalue weighted by Crippen LogP contribution is 2.25. The number of amides is 2. The van der Waals surface area contributed by atoms with Crippen LogP contribution in [0.15, 0.2) is 12.1 Å². The summed E-state index contributed by atoms with van der Waals surface area (Å²) in [5.74, 6) is -0.327. The van der Waals surface area contributed by atoms with Crippen LogP contribution in [-0.4, -0.2) is 59.3 Å². The third-order valence-electron chi connectivity index (χ3n) is 4.23. The Hall–Kier alpha value is -2.35. The van der Waals surface area contributed by atoms with Gasteiger partial charge in [-0.3, -0.25) is 9.69 Å². The zero-order valence-electron chi connectivity index (χ0n) is 14.2. The number of ether oxygens (including phenoxy) is 1. The highest BCUT2D eigenvalue weighted by Gasteiger charge is 2.34. The lowest BCUT2D eigenvalue weighted by molar-refractivity contribution is -0.139. The van der Waals surface area contributed by atoms with E-state index in [0.29, 0.717) is 23.8 Å². The topological polar surface area (TPSA) is 104 Å². The van der Waals surface area contributed by atoms with Gasteiger partial charge in [-0.1, -0.05) is 6.92 Å². The Kier molecular flexibility index (Phi) is 5.97. The zero-order valence-corrected chi connectivity index (χ0v) is 14.2. The Morgan fingerprint density at radius 3 is 2.67 bits per heavy atom. The number of carboxylic acid groups (broad SMARTS) is 1. The number of hydrogen-bond acceptors (Lipinski definition) is 5. The Labute approximate surface area is 141 Å². The van der Waals surface area contributed by atoms with Crippen LogP contribution in [0.1, 0.15) is 25.5 Å². The minimum absolute atomic E-state index is 0.0385. The lowest BCUT2D eigenvalue weighted by Gasteiger charge is -2.42. The Balaban J connectivity index is 1.79. The molecule has 1 heterocycles. The van der Waals surface area contributed by atoms with Gasteiger partial charge in [0.2, 0.25) is 5.88 Å². The summed E-state index contributed by atoms with van der Waals surface area (Å²) >= 11 is 0. The third-order valence-corrected chi connectivity index (χ3v) is 4.23. The number of anilines is 1. The van der Waals surface area contributed by atoms with Crippen LogP contribution in [0.25, 0.3) is 0 Å². The van der Waals surface area contributed by atoms with Crippen molar-refractivity contribution in [3.63, 3.8) is 0 Å². The summed E-state index contributed by atoms with van der Waals surface area (Å²) in [6.45, 7) is 4.46. The van der Waals surface area contributed by atoms with Crippen LogP contribution in [0.2, 0.25) is 0 Å². The monoisotopic (exact) mass is 336 g/mol. The van der Waals surface area contributed by atoms with Crippen molar-refractivity contribution in [1.82, 2.24) is 15.2 Å². The summed E-state index contributed by atoms with van der Waals surface area (Å²) < 4.78 is 5.03. The standard InChI is InChI=1S/C16H24N4O4/c1-4-20(9-15(21)22)12-7-11(8-12)18-16(23)19-13-5-6-14(24-3)17-10(13)2/h5-6,11-12H,4,7-9H2,1-3H3,(H,21,22)(H2,18,19,23). The molecule has 8 heteroatoms. The van der Waals surface area contributed by atoms with Gasteiger partial charge in [0.05, 0.1) is 25.0 Å². The van der Waals surface area contributed by atoms with Gasteiger partial charge in [-0.15, -0.1) is 0 Å². The average Bonchev–Trinajstić information content (AvgIpc) is 2.50. The normalized spacial score (nSPS) is 19.5. The number of nitrogens with zero attached hydrogens (tertiary/aromatic N) is 2. The van der Waals surface area contributed by atoms with Crippen LogP contribution in [-0.2, 0) is 4.79 Å². The highest BCUT2D eigenvalue weighted by molar-refractivity contribution is 5.90. The number of aromatic nitrogens is 1. The van der Waals surface area contributed by atoms with E-state index >= 15 is 0 Å². The quantitative estimate of drug-likeness (QED) is 0.696. The van der Waals surface area contributed by atoms with Crippen LogP contribution in [0.5, 0.6) is 5.88 Å². The molecule has 8 nitrogen and oxygen atoms in total. The molecule has 1 aromatic rings. The first-order valence-electron chi connectivity index (χ1n) is 7.98. The highest BCUT2D eigenvalue weighted by atomic mass is 16.5. The van der Waals surface area contributed by atoms with Crippen molar-refractivity contribution in [3.05, 3.63) is 17.8 Å². The molecule has 0 aliphatic heterocycles. The number of carboxylic acids is 1. The number of urea groups is 1. The number of carbonyl (C=O) groups excluding carboxylic acids is 1. The molecule has 0 saturated heterocycles. The number of carbonyl (C=O) groups is 2. The van der Waals surface area contributed by atoms with Crippen LogP contribution in [0, 0.1) is 6.92 Å². The van der Waals surface area contributed by atoms with E-state index in [0.717, 1.165) is 12.8 Å². The summed E-state index contributed by atoms with van der Waals surface area (Å²) in [4.78, 5) is 29.0. The fraction of sp³-hybridized carbons (Fsp3) is 0.562. The molecular weight excluding hydrogens is 312 g/mol. The van der Waals surface area contributed by atoms with Crippen molar-refractivity contribution in [2.75, 3.05) is 25.5 Å². The molecule has 0 spiro atoms. The minimum Gasteiger partial charge on any atom is -0.481 e. The first-order chi connectivity index (χ1) is 11.4. The molecule has 0 radical (unpaired) electrons. The maximum absolute atomic E-state index is 12.1. The Morgan fingerprint density at radius 2 is 2.12 bits per heavy atom. The molecule has 1 saturated carbocycles. The second-order valence-corrected chi connectivity index (χ2v) is 5.86. The average molecular weight is 336 g/mol. The molecule has 0 aromatic carbocycles. The molecular formula is C16H24N4O4. The Morgan fingerprint density at radius 1 is 1.42 bits per heavy atom. The fourth-order valence-electron chi connectivity index (χ4n) is 2.80. The van der Waals surface area contributed by atoms with Gasteiger partial charge in [0.25, 0.3) is 0 Å². The molecule has 132 valence electrons. The summed E-state index contributed by atoms with van der Waals surface area (Å²) in [6, 6.07) is 3.42. The Bertz CT molecular complexity index is 602. The smallest absolute Gasteiger partial charge is 0.319 e. The number of aryl methyl sites for hydroxylation is 1. The van der Waals surface area contributed by atoms with Crippen molar-refractivity contribution in [2.45, 2.75) is 38.8 Å². The fourth-order valence-corrected chi connectivity index (χ4v) is 2.80. The second kappa shape index (κ2) is 7.96. The predicted molar refractivity (Wildman–Crippen MR) is 89.4 cm³/mol. The number of hydrogen-bond donors (Lipinski definition) is 3. The van der Waals surface area contributed by atoms with Gasteiger partial charge in [-0.25, -0.2) is 9.78 Å². The molecule has 1 aliphatic carbocycles. The first kappa shape index (κ1) is 18.0. The lowest BCUT2D eigenvalue weighted by atomic mass is 9.85. The number of pyridine rings is 1. The lowest BCUT2D eigenvalue weighted by Crippen LogP contribution is -2.55. The van der Waals surface area contributed by atoms with Gasteiger partial charge in [0, 0.05) is 18.2 Å². The van der Waals surface area contributed by atoms with Gasteiger partial charge in [-0.2, -0.15) is 0 Å². The zero-order chi connectivity index (χ0) is 17.7. The van der Waals surface area contributed by atoms with Gasteiger partial charge in [0.15, 0.2) is 0 Å². The van der Waals surface area contributed by atoms with E-state index in [1.165, 1.54) is 0 Å². The van der Waals surface area contributed by atoms with Crippen LogP contribution in [0.4, 0.5) is 10.5 Å². The maximum atomic E-state index is 12.1. The molecule has 1 fully saturated rings. The minimum atomic E-state index is -0.825. The first-order valence-corrected chi connectivity index (χ1v) is 7.98. The van der Waals surface area contributed by atoms with E-state index in [4.69, 9.17) is 9.84 Å². The molecule has 0 bridgehead atoms. The number of rotatable bonds is 7. The van der Waals surface area contributed by atoms with Crippen LogP contribution >= 0.6 is 0 Å². The van der Waals surface area contributed by atoms with Gasteiger partial charge in [-0.05, 0) is 32.4 Å². The van der Waals surface area contributed by atoms with Crippen molar-refractivity contribution in [2.24, 2.45) is 0 Å². The molecule has 2 rings (SSSR count). The third kappa shape index (κ3) is 4.58. The molecule has 2 amide bonds. The van der Waals surface area contributed by atoms with E-state index in [1.54, 1.807) is 26.2 Å². The summed E-state index contributed by atoms with van der Waals surface area (Å²) in [5.41, 5.74) is 1.31. The van der Waals surface area contributed by atoms with E-state index < -0.39 is 5.97 Å². The number of nitrogens with one attached hydrogen (secondary N) is 2. The van der Waals surface area contributed by atoms with Gasteiger partial charge >= 0.3 is 12.0 Å². The van der Waals surface area contributed by atoms with Crippen LogP contribution < -0.4 is 15.4 Å².